The van der Waals surface area contributed by atoms with E-state index in [1.807, 2.05) is 39.0 Å². The van der Waals surface area contributed by atoms with Gasteiger partial charge in [0, 0.05) is 13.1 Å². The van der Waals surface area contributed by atoms with Crippen LogP contribution < -0.4 is 9.47 Å². The summed E-state index contributed by atoms with van der Waals surface area (Å²) in [7, 11) is 0. The minimum absolute atomic E-state index is 0.273. The lowest BCUT2D eigenvalue weighted by atomic mass is 10.1. The Kier molecular flexibility index (Phi) is 7.87. The van der Waals surface area contributed by atoms with Crippen LogP contribution in [0.1, 0.15) is 59.9 Å². The Hall–Kier alpha value is -3.35. The zero-order chi connectivity index (χ0) is 23.1. The Labute approximate surface area is 188 Å². The van der Waals surface area contributed by atoms with E-state index in [1.54, 1.807) is 29.2 Å². The summed E-state index contributed by atoms with van der Waals surface area (Å²) < 4.78 is 11.5. The van der Waals surface area contributed by atoms with Gasteiger partial charge >= 0.3 is 0 Å². The topological polar surface area (TPSA) is 76.2 Å². The van der Waals surface area contributed by atoms with Crippen LogP contribution in [0.25, 0.3) is 0 Å². The summed E-state index contributed by atoms with van der Waals surface area (Å²) in [5.74, 6) is 0.197. The lowest BCUT2D eigenvalue weighted by Gasteiger charge is -2.25. The largest absolute Gasteiger partial charge is 0.490 e. The zero-order valence-electron chi connectivity index (χ0n) is 18.9. The number of carbonyl (C=O) groups is 3. The van der Waals surface area contributed by atoms with Gasteiger partial charge in [0.15, 0.2) is 11.5 Å². The Balaban J connectivity index is 1.74. The first-order valence-corrected chi connectivity index (χ1v) is 11.1. The van der Waals surface area contributed by atoms with Crippen LogP contribution in [0.15, 0.2) is 42.5 Å². The second-order valence-electron chi connectivity index (χ2n) is 7.62. The quantitative estimate of drug-likeness (QED) is 0.497. The molecule has 0 atom stereocenters. The molecule has 0 saturated carbocycles. The molecule has 0 aromatic heterocycles. The molecule has 0 radical (unpaired) electrons. The monoisotopic (exact) mass is 438 g/mol. The standard InChI is InChI=1S/C25H30N2O5/c1-4-13-26(16-18-11-12-21(32-14-5-2)22(15-18)31-6-3)23(28)17-27-24(29)19-9-7-8-10-20(19)25(27)30/h7-12,15H,4-6,13-14,16-17H2,1-3H3. The molecular formula is C25H30N2O5. The fourth-order valence-corrected chi connectivity index (χ4v) is 3.65. The van der Waals surface area contributed by atoms with Crippen molar-refractivity contribution in [1.29, 1.82) is 0 Å². The number of amides is 3. The molecule has 32 heavy (non-hydrogen) atoms. The smallest absolute Gasteiger partial charge is 0.262 e. The first kappa shape index (κ1) is 23.3. The van der Waals surface area contributed by atoms with E-state index in [1.165, 1.54) is 0 Å². The molecule has 0 aliphatic carbocycles. The molecule has 3 rings (SSSR count). The molecule has 7 heteroatoms. The van der Waals surface area contributed by atoms with Crippen molar-refractivity contribution < 1.29 is 23.9 Å². The molecule has 0 fully saturated rings. The summed E-state index contributed by atoms with van der Waals surface area (Å²) in [5, 5.41) is 0. The van der Waals surface area contributed by atoms with E-state index in [2.05, 4.69) is 0 Å². The number of benzene rings is 2. The molecule has 0 saturated heterocycles. The molecule has 3 amide bonds. The van der Waals surface area contributed by atoms with E-state index >= 15 is 0 Å². The van der Waals surface area contributed by atoms with E-state index in [-0.39, 0.29) is 12.5 Å². The normalized spacial score (nSPS) is 12.7. The van der Waals surface area contributed by atoms with Gasteiger partial charge in [-0.05, 0) is 49.6 Å². The number of hydrogen-bond donors (Lipinski definition) is 0. The van der Waals surface area contributed by atoms with E-state index < -0.39 is 11.8 Å². The van der Waals surface area contributed by atoms with Crippen molar-refractivity contribution in [3.05, 3.63) is 59.2 Å². The maximum atomic E-state index is 13.1. The maximum absolute atomic E-state index is 13.1. The predicted octanol–water partition coefficient (Wildman–Crippen LogP) is 3.91. The van der Waals surface area contributed by atoms with Crippen LogP contribution in [0.4, 0.5) is 0 Å². The summed E-state index contributed by atoms with van der Waals surface area (Å²) in [4.78, 5) is 41.0. The zero-order valence-corrected chi connectivity index (χ0v) is 18.9. The predicted molar refractivity (Wildman–Crippen MR) is 121 cm³/mol. The van der Waals surface area contributed by atoms with Crippen LogP contribution in [-0.4, -0.2) is 53.8 Å². The van der Waals surface area contributed by atoms with Crippen LogP contribution in [0.5, 0.6) is 11.5 Å². The number of nitrogens with zero attached hydrogens (tertiary/aromatic N) is 2. The molecule has 170 valence electrons. The van der Waals surface area contributed by atoms with Gasteiger partial charge in [-0.15, -0.1) is 0 Å². The van der Waals surface area contributed by atoms with E-state index in [4.69, 9.17) is 9.47 Å². The van der Waals surface area contributed by atoms with E-state index in [0.717, 1.165) is 23.3 Å². The van der Waals surface area contributed by atoms with Crippen molar-refractivity contribution in [1.82, 2.24) is 9.80 Å². The number of fused-ring (bicyclic) bond motifs is 1. The Morgan fingerprint density at radius 1 is 0.906 bits per heavy atom. The van der Waals surface area contributed by atoms with E-state index in [9.17, 15) is 14.4 Å². The van der Waals surface area contributed by atoms with Gasteiger partial charge in [-0.25, -0.2) is 0 Å². The summed E-state index contributed by atoms with van der Waals surface area (Å²) >= 11 is 0. The van der Waals surface area contributed by atoms with Gasteiger partial charge in [0.05, 0.1) is 24.3 Å². The average Bonchev–Trinajstić information content (AvgIpc) is 3.03. The second kappa shape index (κ2) is 10.8. The molecule has 0 spiro atoms. The SMILES string of the molecule is CCCOc1ccc(CN(CCC)C(=O)CN2C(=O)c3ccccc3C2=O)cc1OCC. The minimum atomic E-state index is -0.425. The van der Waals surface area contributed by atoms with Crippen LogP contribution in [0.2, 0.25) is 0 Å². The van der Waals surface area contributed by atoms with Gasteiger partial charge in [-0.2, -0.15) is 0 Å². The summed E-state index contributed by atoms with van der Waals surface area (Å²) in [6, 6.07) is 12.3. The molecule has 1 heterocycles. The Morgan fingerprint density at radius 3 is 2.19 bits per heavy atom. The number of rotatable bonds is 11. The van der Waals surface area contributed by atoms with Crippen molar-refractivity contribution in [2.45, 2.75) is 40.2 Å². The van der Waals surface area contributed by atoms with Gasteiger partial charge in [-0.3, -0.25) is 19.3 Å². The molecular weight excluding hydrogens is 408 g/mol. The van der Waals surface area contributed by atoms with Crippen LogP contribution >= 0.6 is 0 Å². The third-order valence-corrected chi connectivity index (χ3v) is 5.16. The van der Waals surface area contributed by atoms with Crippen molar-refractivity contribution in [3.63, 3.8) is 0 Å². The average molecular weight is 439 g/mol. The number of hydrogen-bond acceptors (Lipinski definition) is 5. The maximum Gasteiger partial charge on any atom is 0.262 e. The fraction of sp³-hybridized carbons (Fsp3) is 0.400. The Morgan fingerprint density at radius 2 is 1.59 bits per heavy atom. The molecule has 2 aromatic carbocycles. The van der Waals surface area contributed by atoms with Crippen LogP contribution in [0.3, 0.4) is 0 Å². The fourth-order valence-electron chi connectivity index (χ4n) is 3.65. The van der Waals surface area contributed by atoms with Crippen LogP contribution in [-0.2, 0) is 11.3 Å². The number of ether oxygens (including phenoxy) is 2. The highest BCUT2D eigenvalue weighted by atomic mass is 16.5. The van der Waals surface area contributed by atoms with Crippen LogP contribution in [0, 0.1) is 0 Å². The summed E-state index contributed by atoms with van der Waals surface area (Å²) in [6.45, 7) is 7.62. The molecule has 0 N–H and O–H groups in total. The summed E-state index contributed by atoms with van der Waals surface area (Å²) in [6.07, 6.45) is 1.65. The first-order valence-electron chi connectivity index (χ1n) is 11.1. The van der Waals surface area contributed by atoms with Gasteiger partial charge in [0.2, 0.25) is 5.91 Å². The molecule has 0 bridgehead atoms. The highest BCUT2D eigenvalue weighted by Crippen LogP contribution is 2.29. The second-order valence-corrected chi connectivity index (χ2v) is 7.62. The first-order chi connectivity index (χ1) is 15.5. The van der Waals surface area contributed by atoms with Gasteiger partial charge in [0.1, 0.15) is 6.54 Å². The third kappa shape index (κ3) is 5.10. The third-order valence-electron chi connectivity index (χ3n) is 5.16. The molecule has 1 aliphatic rings. The lowest BCUT2D eigenvalue weighted by molar-refractivity contribution is -0.132. The van der Waals surface area contributed by atoms with Crippen molar-refractivity contribution >= 4 is 17.7 Å². The van der Waals surface area contributed by atoms with Crippen molar-refractivity contribution in [3.8, 4) is 11.5 Å². The van der Waals surface area contributed by atoms with Crippen molar-refractivity contribution in [2.75, 3.05) is 26.3 Å². The summed E-state index contributed by atoms with van der Waals surface area (Å²) in [5.41, 5.74) is 1.58. The van der Waals surface area contributed by atoms with Gasteiger partial charge in [-0.1, -0.05) is 32.0 Å². The van der Waals surface area contributed by atoms with Crippen molar-refractivity contribution in [2.24, 2.45) is 0 Å². The molecule has 1 aliphatic heterocycles. The Bertz CT molecular complexity index is 953. The number of imide groups is 1. The number of carbonyl (C=O) groups excluding carboxylic acids is 3. The molecule has 0 unspecified atom stereocenters. The lowest BCUT2D eigenvalue weighted by Crippen LogP contribution is -2.42. The molecule has 7 nitrogen and oxygen atoms in total. The minimum Gasteiger partial charge on any atom is -0.490 e. The van der Waals surface area contributed by atoms with Gasteiger partial charge < -0.3 is 14.4 Å². The van der Waals surface area contributed by atoms with E-state index in [0.29, 0.717) is 48.9 Å². The van der Waals surface area contributed by atoms with Gasteiger partial charge in [0.25, 0.3) is 11.8 Å². The molecule has 2 aromatic rings. The highest BCUT2D eigenvalue weighted by Gasteiger charge is 2.37. The highest BCUT2D eigenvalue weighted by molar-refractivity contribution is 6.22.